The highest BCUT2D eigenvalue weighted by Crippen LogP contribution is 2.32. The lowest BCUT2D eigenvalue weighted by Gasteiger charge is -2.10. The fraction of sp³-hybridized carbons (Fsp3) is 0.235. The lowest BCUT2D eigenvalue weighted by atomic mass is 10.2. The maximum atomic E-state index is 12.6. The number of nitrogens with zero attached hydrogens (tertiary/aromatic N) is 2. The van der Waals surface area contributed by atoms with E-state index >= 15 is 0 Å². The van der Waals surface area contributed by atoms with Crippen molar-refractivity contribution in [3.05, 3.63) is 52.7 Å². The zero-order valence-electron chi connectivity index (χ0n) is 14.9. The highest BCUT2D eigenvalue weighted by atomic mass is 35.5. The summed E-state index contributed by atoms with van der Waals surface area (Å²) in [6.45, 7) is 1.31. The van der Waals surface area contributed by atoms with Crippen molar-refractivity contribution in [3.8, 4) is 5.75 Å². The van der Waals surface area contributed by atoms with E-state index in [4.69, 9.17) is 32.0 Å². The number of ether oxygens (including phenoxy) is 1. The first-order valence-electron chi connectivity index (χ1n) is 7.65. The van der Waals surface area contributed by atoms with Crippen LogP contribution in [-0.4, -0.2) is 29.1 Å². The second-order valence-electron chi connectivity index (χ2n) is 5.21. The van der Waals surface area contributed by atoms with Crippen LogP contribution in [0.2, 0.25) is 5.02 Å². The lowest BCUT2D eigenvalue weighted by Crippen LogP contribution is -2.23. The summed E-state index contributed by atoms with van der Waals surface area (Å²) in [5, 5.41) is 9.78. The highest BCUT2D eigenvalue weighted by Gasteiger charge is 2.31. The molecule has 2 rings (SSSR count). The minimum absolute atomic E-state index is 0.00839. The standard InChI is InChI=1S/C15H14ClF3N4O.C2H4O2/c1-24-12-5-3-2-4-9(12)7-22-14(20)23-13-11(16)6-10(8-21-13)15(17,18)19;1-2(3)4/h2-6,8H,7H2,1H3,(H3,20,21,22,23);1H3,(H,3,4). The first-order chi connectivity index (χ1) is 13.0. The monoisotopic (exact) mass is 418 g/mol. The topological polar surface area (TPSA) is 110 Å². The van der Waals surface area contributed by atoms with Crippen LogP contribution in [0.3, 0.4) is 0 Å². The molecule has 0 saturated carbocycles. The van der Waals surface area contributed by atoms with Gasteiger partial charge >= 0.3 is 6.18 Å². The number of anilines is 1. The number of aliphatic carboxylic acids is 1. The van der Waals surface area contributed by atoms with Crippen molar-refractivity contribution in [2.75, 3.05) is 12.4 Å². The van der Waals surface area contributed by atoms with Gasteiger partial charge in [0.05, 0.1) is 24.2 Å². The van der Waals surface area contributed by atoms with Gasteiger partial charge in [-0.2, -0.15) is 13.2 Å². The number of pyridine rings is 1. The third-order valence-corrected chi connectivity index (χ3v) is 3.32. The molecule has 0 amide bonds. The van der Waals surface area contributed by atoms with E-state index in [9.17, 15) is 13.2 Å². The average Bonchev–Trinajstić information content (AvgIpc) is 2.60. The Morgan fingerprint density at radius 3 is 2.54 bits per heavy atom. The second-order valence-corrected chi connectivity index (χ2v) is 5.62. The van der Waals surface area contributed by atoms with E-state index in [0.717, 1.165) is 18.6 Å². The number of para-hydroxylation sites is 1. The van der Waals surface area contributed by atoms with Gasteiger partial charge in [0.25, 0.3) is 5.97 Å². The van der Waals surface area contributed by atoms with Gasteiger partial charge in [0, 0.05) is 18.7 Å². The molecule has 4 N–H and O–H groups in total. The smallest absolute Gasteiger partial charge is 0.417 e. The summed E-state index contributed by atoms with van der Waals surface area (Å²) in [7, 11) is 1.54. The van der Waals surface area contributed by atoms with Crippen molar-refractivity contribution in [1.82, 2.24) is 4.98 Å². The van der Waals surface area contributed by atoms with Crippen molar-refractivity contribution >= 4 is 29.3 Å². The minimum atomic E-state index is -4.52. The Morgan fingerprint density at radius 2 is 2.00 bits per heavy atom. The maximum Gasteiger partial charge on any atom is 0.417 e. The Balaban J connectivity index is 0.000000892. The Bertz CT molecular complexity index is 841. The maximum absolute atomic E-state index is 12.6. The molecule has 1 aromatic heterocycles. The molecule has 0 aliphatic rings. The van der Waals surface area contributed by atoms with Gasteiger partial charge in [0.15, 0.2) is 11.8 Å². The van der Waals surface area contributed by atoms with E-state index in [-0.39, 0.29) is 23.3 Å². The summed E-state index contributed by atoms with van der Waals surface area (Å²) in [4.78, 5) is 16.7. The van der Waals surface area contributed by atoms with Crippen molar-refractivity contribution in [1.29, 1.82) is 0 Å². The summed E-state index contributed by atoms with van der Waals surface area (Å²) in [6, 6.07) is 8.01. The largest absolute Gasteiger partial charge is 0.496 e. The number of carboxylic acid groups (broad SMARTS) is 1. The minimum Gasteiger partial charge on any atom is -0.496 e. The van der Waals surface area contributed by atoms with E-state index in [0.29, 0.717) is 11.9 Å². The van der Waals surface area contributed by atoms with Crippen LogP contribution in [-0.2, 0) is 17.5 Å². The third-order valence-electron chi connectivity index (χ3n) is 3.03. The van der Waals surface area contributed by atoms with E-state index in [1.807, 2.05) is 18.2 Å². The SMILES string of the molecule is CC(=O)O.COc1ccccc1CN=C(N)Nc1ncc(C(F)(F)F)cc1Cl. The number of nitrogens with one attached hydrogen (secondary N) is 1. The van der Waals surface area contributed by atoms with Crippen LogP contribution < -0.4 is 15.8 Å². The number of guanidine groups is 1. The van der Waals surface area contributed by atoms with E-state index in [1.54, 1.807) is 6.07 Å². The number of nitrogens with two attached hydrogens (primary N) is 1. The van der Waals surface area contributed by atoms with Gasteiger partial charge in [-0.05, 0) is 12.1 Å². The van der Waals surface area contributed by atoms with Crippen molar-refractivity contribution in [3.63, 3.8) is 0 Å². The molecule has 0 radical (unpaired) electrons. The van der Waals surface area contributed by atoms with Gasteiger partial charge in [-0.25, -0.2) is 9.98 Å². The molecule has 0 aliphatic heterocycles. The number of aliphatic imine (C=N–C) groups is 1. The molecule has 11 heteroatoms. The highest BCUT2D eigenvalue weighted by molar-refractivity contribution is 6.33. The van der Waals surface area contributed by atoms with Crippen LogP contribution in [0.5, 0.6) is 5.75 Å². The van der Waals surface area contributed by atoms with Crippen LogP contribution in [0.1, 0.15) is 18.1 Å². The lowest BCUT2D eigenvalue weighted by molar-refractivity contribution is -0.138. The molecule has 0 unspecified atom stereocenters. The molecule has 152 valence electrons. The zero-order chi connectivity index (χ0) is 21.3. The van der Waals surface area contributed by atoms with Gasteiger partial charge in [-0.3, -0.25) is 4.79 Å². The zero-order valence-corrected chi connectivity index (χ0v) is 15.7. The number of hydrogen-bond donors (Lipinski definition) is 3. The van der Waals surface area contributed by atoms with Gasteiger partial charge in [0.1, 0.15) is 5.75 Å². The van der Waals surface area contributed by atoms with Crippen LogP contribution in [0.4, 0.5) is 19.0 Å². The van der Waals surface area contributed by atoms with Gasteiger partial charge in [0.2, 0.25) is 0 Å². The Hall–Kier alpha value is -3.01. The third kappa shape index (κ3) is 7.70. The van der Waals surface area contributed by atoms with Crippen molar-refractivity contribution in [2.24, 2.45) is 10.7 Å². The van der Waals surface area contributed by atoms with E-state index < -0.39 is 17.7 Å². The summed E-state index contributed by atoms with van der Waals surface area (Å²) in [6.07, 6.45) is -3.85. The molecule has 0 atom stereocenters. The van der Waals surface area contributed by atoms with E-state index in [2.05, 4.69) is 15.3 Å². The first kappa shape index (κ1) is 23.0. The number of hydrogen-bond acceptors (Lipinski definition) is 4. The summed E-state index contributed by atoms with van der Waals surface area (Å²) < 4.78 is 42.9. The number of carboxylic acids is 1. The molecule has 1 aromatic carbocycles. The summed E-state index contributed by atoms with van der Waals surface area (Å²) >= 11 is 5.79. The van der Waals surface area contributed by atoms with Crippen LogP contribution in [0.25, 0.3) is 0 Å². The van der Waals surface area contributed by atoms with Gasteiger partial charge < -0.3 is 20.9 Å². The molecular formula is C17H18ClF3N4O3. The average molecular weight is 419 g/mol. The number of methoxy groups -OCH3 is 1. The first-order valence-corrected chi connectivity index (χ1v) is 8.03. The molecule has 0 saturated heterocycles. The number of carbonyl (C=O) groups is 1. The molecule has 2 aromatic rings. The Morgan fingerprint density at radius 1 is 1.39 bits per heavy atom. The molecule has 28 heavy (non-hydrogen) atoms. The fourth-order valence-corrected chi connectivity index (χ4v) is 2.06. The molecule has 0 fully saturated rings. The number of halogens is 4. The quantitative estimate of drug-likeness (QED) is 0.515. The Labute approximate surface area is 164 Å². The molecule has 0 spiro atoms. The van der Waals surface area contributed by atoms with Crippen molar-refractivity contribution < 1.29 is 27.8 Å². The Kier molecular flexibility index (Phi) is 8.52. The molecule has 1 heterocycles. The fourth-order valence-electron chi connectivity index (χ4n) is 1.85. The van der Waals surface area contributed by atoms with Gasteiger partial charge in [-0.1, -0.05) is 29.8 Å². The second kappa shape index (κ2) is 10.4. The predicted molar refractivity (Wildman–Crippen MR) is 99.5 cm³/mol. The van der Waals surface area contributed by atoms with Crippen molar-refractivity contribution in [2.45, 2.75) is 19.6 Å². The number of aromatic nitrogens is 1. The number of benzene rings is 1. The molecule has 0 bridgehead atoms. The van der Waals surface area contributed by atoms with Crippen LogP contribution in [0.15, 0.2) is 41.5 Å². The van der Waals surface area contributed by atoms with E-state index in [1.165, 1.54) is 7.11 Å². The van der Waals surface area contributed by atoms with Gasteiger partial charge in [-0.15, -0.1) is 0 Å². The number of alkyl halides is 3. The molecule has 7 nitrogen and oxygen atoms in total. The van der Waals surface area contributed by atoms with Crippen LogP contribution >= 0.6 is 11.6 Å². The molecule has 0 aliphatic carbocycles. The van der Waals surface area contributed by atoms with Crippen LogP contribution in [0, 0.1) is 0 Å². The normalized spacial score (nSPS) is 11.3. The summed E-state index contributed by atoms with van der Waals surface area (Å²) in [5.41, 5.74) is 5.58. The molecular weight excluding hydrogens is 401 g/mol. The number of rotatable bonds is 4. The summed E-state index contributed by atoms with van der Waals surface area (Å²) in [5.74, 6) is -0.222. The predicted octanol–water partition coefficient (Wildman–Crippen LogP) is 3.78.